The van der Waals surface area contributed by atoms with Crippen LogP contribution in [-0.2, 0) is 25.8 Å². The molecule has 0 bridgehead atoms. The van der Waals surface area contributed by atoms with Crippen molar-refractivity contribution in [3.63, 3.8) is 0 Å². The van der Waals surface area contributed by atoms with E-state index in [0.717, 1.165) is 34.7 Å². The minimum Gasteiger partial charge on any atom is -0.378 e. The van der Waals surface area contributed by atoms with Gasteiger partial charge in [-0.1, -0.05) is 35.6 Å². The number of carbonyl (C=O) groups excluding carboxylic acids is 3. The second kappa shape index (κ2) is 10.6. The fraction of sp³-hybridized carbons (Fsp3) is 0.308. The number of nitrogens with zero attached hydrogens (tertiary/aromatic N) is 3. The highest BCUT2D eigenvalue weighted by molar-refractivity contribution is 7.18. The number of thiazole rings is 1. The van der Waals surface area contributed by atoms with E-state index >= 15 is 0 Å². The molecular weight excluding hydrogens is 450 g/mol. The molecule has 1 aromatic heterocycles. The van der Waals surface area contributed by atoms with E-state index < -0.39 is 17.8 Å². The van der Waals surface area contributed by atoms with Crippen LogP contribution < -0.4 is 9.47 Å². The summed E-state index contributed by atoms with van der Waals surface area (Å²) < 4.78 is 3.47. The molecule has 4 rings (SSSR count). The van der Waals surface area contributed by atoms with Crippen LogP contribution in [0.15, 0.2) is 48.5 Å². The minimum absolute atomic E-state index is 0.101. The number of unbranched alkanes of at least 4 members (excludes halogenated alkanes) is 1. The van der Waals surface area contributed by atoms with Crippen molar-refractivity contribution in [1.29, 1.82) is 0 Å². The molecule has 0 aliphatic carbocycles. The second-order valence-corrected chi connectivity index (χ2v) is 9.44. The number of para-hydroxylation sites is 1. The summed E-state index contributed by atoms with van der Waals surface area (Å²) in [6.07, 6.45) is 5.97. The Morgan fingerprint density at radius 2 is 1.74 bits per heavy atom. The molecule has 0 saturated carbocycles. The number of imide groups is 1. The van der Waals surface area contributed by atoms with Gasteiger partial charge in [0.05, 0.1) is 0 Å². The van der Waals surface area contributed by atoms with Crippen LogP contribution in [0.5, 0.6) is 0 Å². The van der Waals surface area contributed by atoms with Crippen LogP contribution >= 0.6 is 11.3 Å². The highest BCUT2D eigenvalue weighted by Crippen LogP contribution is 2.23. The molecule has 2 heterocycles. The zero-order valence-corrected chi connectivity index (χ0v) is 20.2. The maximum absolute atomic E-state index is 12.1. The topological polar surface area (TPSA) is 70.8 Å². The summed E-state index contributed by atoms with van der Waals surface area (Å²) in [7, 11) is 4.05. The number of fused-ring (bicyclic) bond motifs is 1. The van der Waals surface area contributed by atoms with Crippen LogP contribution in [0.25, 0.3) is 22.4 Å². The van der Waals surface area contributed by atoms with E-state index in [2.05, 4.69) is 58.0 Å². The summed E-state index contributed by atoms with van der Waals surface area (Å²) in [5, 5.41) is 1.74. The molecule has 2 amide bonds. The number of aromatic nitrogens is 1. The van der Waals surface area contributed by atoms with E-state index in [1.54, 1.807) is 11.3 Å². The van der Waals surface area contributed by atoms with Crippen molar-refractivity contribution in [2.45, 2.75) is 38.6 Å². The van der Waals surface area contributed by atoms with Gasteiger partial charge in [-0.3, -0.25) is 9.59 Å². The molecule has 2 aromatic carbocycles. The Kier molecular flexibility index (Phi) is 7.37. The largest absolute Gasteiger partial charge is 0.378 e. The third-order valence-electron chi connectivity index (χ3n) is 5.68. The van der Waals surface area contributed by atoms with E-state index in [4.69, 9.17) is 4.84 Å². The summed E-state index contributed by atoms with van der Waals surface area (Å²) in [6.45, 7) is 0.748. The van der Waals surface area contributed by atoms with Crippen molar-refractivity contribution in [1.82, 2.24) is 5.06 Å². The molecule has 0 atom stereocenters. The van der Waals surface area contributed by atoms with E-state index in [9.17, 15) is 14.4 Å². The monoisotopic (exact) mass is 478 g/mol. The molecule has 34 heavy (non-hydrogen) atoms. The molecule has 0 unspecified atom stereocenters. The first kappa shape index (κ1) is 23.6. The first-order valence-corrected chi connectivity index (χ1v) is 12.2. The van der Waals surface area contributed by atoms with Crippen molar-refractivity contribution in [3.8, 4) is 0 Å². The Labute approximate surface area is 202 Å². The van der Waals surface area contributed by atoms with E-state index in [-0.39, 0.29) is 19.3 Å². The number of carbonyl (C=O) groups is 3. The molecule has 0 N–H and O–H groups in total. The quantitative estimate of drug-likeness (QED) is 0.262. The molecule has 8 heteroatoms. The lowest BCUT2D eigenvalue weighted by molar-refractivity contribution is -0.669. The number of anilines is 1. The van der Waals surface area contributed by atoms with Gasteiger partial charge in [0, 0.05) is 57.6 Å². The van der Waals surface area contributed by atoms with Gasteiger partial charge in [-0.15, -0.1) is 5.06 Å². The number of hydrogen-bond donors (Lipinski definition) is 0. The summed E-state index contributed by atoms with van der Waals surface area (Å²) in [5.41, 5.74) is 3.44. The van der Waals surface area contributed by atoms with Crippen LogP contribution in [0.2, 0.25) is 0 Å². The van der Waals surface area contributed by atoms with Crippen LogP contribution in [0.1, 0.15) is 42.7 Å². The Morgan fingerprint density at radius 3 is 2.44 bits per heavy atom. The highest BCUT2D eigenvalue weighted by atomic mass is 32.1. The first-order valence-electron chi connectivity index (χ1n) is 11.4. The third-order valence-corrected chi connectivity index (χ3v) is 6.81. The molecule has 0 radical (unpaired) electrons. The molecule has 1 saturated heterocycles. The van der Waals surface area contributed by atoms with Gasteiger partial charge in [0.15, 0.2) is 6.54 Å². The van der Waals surface area contributed by atoms with Crippen LogP contribution in [0.4, 0.5) is 5.69 Å². The Morgan fingerprint density at radius 1 is 1.03 bits per heavy atom. The van der Waals surface area contributed by atoms with Gasteiger partial charge in [-0.25, -0.2) is 4.79 Å². The second-order valence-electron chi connectivity index (χ2n) is 8.38. The minimum atomic E-state index is -0.551. The molecule has 1 aliphatic heterocycles. The highest BCUT2D eigenvalue weighted by Gasteiger charge is 2.32. The van der Waals surface area contributed by atoms with Crippen LogP contribution in [-0.4, -0.2) is 36.9 Å². The maximum atomic E-state index is 12.1. The van der Waals surface area contributed by atoms with Gasteiger partial charge in [-0.05, 0) is 36.3 Å². The molecule has 1 fully saturated rings. The predicted octanol–water partition coefficient (Wildman–Crippen LogP) is 4.20. The van der Waals surface area contributed by atoms with Gasteiger partial charge in [0.25, 0.3) is 16.8 Å². The van der Waals surface area contributed by atoms with Crippen molar-refractivity contribution in [3.05, 3.63) is 59.1 Å². The first-order chi connectivity index (χ1) is 16.4. The molecular formula is C26H28N3O4S+. The number of rotatable bonds is 9. The SMILES string of the molecule is CN(C)c1ccc(/C=C/c2sc3ccccc3[n+]2CCCCC(=O)ON2C(=O)CCC2=O)cc1. The lowest BCUT2D eigenvalue weighted by atomic mass is 10.2. The van der Waals surface area contributed by atoms with Crippen molar-refractivity contribution < 1.29 is 23.8 Å². The summed E-state index contributed by atoms with van der Waals surface area (Å²) in [5.74, 6) is -1.46. The van der Waals surface area contributed by atoms with Gasteiger partial charge < -0.3 is 9.74 Å². The average molecular weight is 479 g/mol. The standard InChI is InChI=1S/C26H28N3O4S/c1-27(2)20-13-10-19(11-14-20)12-17-25-28(21-7-3-4-8-22(21)34-25)18-6-5-9-26(32)33-29-23(30)15-16-24(29)31/h3-4,7-8,10-14,17H,5-6,9,15-16,18H2,1-2H3/q+1. The Hall–Kier alpha value is -3.52. The fourth-order valence-corrected chi connectivity index (χ4v) is 4.89. The fourth-order valence-electron chi connectivity index (χ4n) is 3.80. The molecule has 1 aliphatic rings. The number of benzene rings is 2. The van der Waals surface area contributed by atoms with Gasteiger partial charge in [-0.2, -0.15) is 4.57 Å². The molecule has 3 aromatic rings. The normalized spacial score (nSPS) is 13.9. The van der Waals surface area contributed by atoms with Crippen LogP contribution in [0, 0.1) is 0 Å². The van der Waals surface area contributed by atoms with E-state index in [0.29, 0.717) is 11.5 Å². The summed E-state index contributed by atoms with van der Waals surface area (Å²) in [4.78, 5) is 42.3. The Balaban J connectivity index is 1.39. The molecule has 0 spiro atoms. The van der Waals surface area contributed by atoms with Gasteiger partial charge >= 0.3 is 5.97 Å². The van der Waals surface area contributed by atoms with Gasteiger partial charge in [0.2, 0.25) is 5.52 Å². The zero-order valence-electron chi connectivity index (χ0n) is 19.4. The molecule has 7 nitrogen and oxygen atoms in total. The van der Waals surface area contributed by atoms with Gasteiger partial charge in [0.1, 0.15) is 4.70 Å². The van der Waals surface area contributed by atoms with E-state index in [1.165, 1.54) is 4.70 Å². The predicted molar refractivity (Wildman–Crippen MR) is 133 cm³/mol. The number of amides is 2. The van der Waals surface area contributed by atoms with Crippen LogP contribution in [0.3, 0.4) is 0 Å². The molecule has 176 valence electrons. The zero-order chi connectivity index (χ0) is 24.1. The van der Waals surface area contributed by atoms with Crippen molar-refractivity contribution in [2.75, 3.05) is 19.0 Å². The average Bonchev–Trinajstić information content (AvgIpc) is 3.35. The number of hydrogen-bond acceptors (Lipinski definition) is 6. The number of hydroxylamine groups is 2. The number of aryl methyl sites for hydroxylation is 1. The van der Waals surface area contributed by atoms with Crippen molar-refractivity contribution in [2.24, 2.45) is 0 Å². The van der Waals surface area contributed by atoms with E-state index in [1.807, 2.05) is 26.2 Å². The van der Waals surface area contributed by atoms with Crippen molar-refractivity contribution >= 4 is 57.2 Å². The smallest absolute Gasteiger partial charge is 0.333 e. The summed E-state index contributed by atoms with van der Waals surface area (Å²) in [6, 6.07) is 16.7. The third kappa shape index (κ3) is 5.51. The maximum Gasteiger partial charge on any atom is 0.333 e. The lowest BCUT2D eigenvalue weighted by Crippen LogP contribution is -2.35. The summed E-state index contributed by atoms with van der Waals surface area (Å²) >= 11 is 1.73. The Bertz CT molecular complexity index is 1210. The lowest BCUT2D eigenvalue weighted by Gasteiger charge is -2.12.